The number of halogens is 1. The summed E-state index contributed by atoms with van der Waals surface area (Å²) in [4.78, 5) is 32.4. The molecule has 29 heavy (non-hydrogen) atoms. The van der Waals surface area contributed by atoms with Crippen LogP contribution in [0, 0.1) is 0 Å². The molecule has 0 saturated heterocycles. The van der Waals surface area contributed by atoms with Crippen molar-refractivity contribution in [3.05, 3.63) is 50.1 Å². The number of benzene rings is 1. The maximum Gasteiger partial charge on any atom is 0.361 e. The normalized spacial score (nSPS) is 11.2. The van der Waals surface area contributed by atoms with E-state index in [1.165, 1.54) is 0 Å². The standard InChI is InChI=1S/C21H27BrN2O5/c1-6-7-10-28-18-17(20(26)29-21(2,3)4)23-16(24-19(18)25)12-13-11-14(27-5)8-9-15(13)22/h8-9,11H,6-7,10,12H2,1-5H3,(H,23,24,25). The number of aromatic nitrogens is 2. The molecule has 0 unspecified atom stereocenters. The molecule has 1 heterocycles. The Morgan fingerprint density at radius 3 is 2.62 bits per heavy atom. The molecule has 2 aromatic rings. The SMILES string of the molecule is CCCCOc1c(C(=O)OC(C)(C)C)nc(Cc2cc(OC)ccc2Br)[nH]c1=O. The molecule has 1 aromatic carbocycles. The van der Waals surface area contributed by atoms with Crippen molar-refractivity contribution in [2.24, 2.45) is 0 Å². The third-order valence-electron chi connectivity index (χ3n) is 3.87. The van der Waals surface area contributed by atoms with Crippen molar-refractivity contribution in [2.75, 3.05) is 13.7 Å². The van der Waals surface area contributed by atoms with Gasteiger partial charge in [-0.2, -0.15) is 0 Å². The van der Waals surface area contributed by atoms with Crippen LogP contribution in [0.15, 0.2) is 27.5 Å². The summed E-state index contributed by atoms with van der Waals surface area (Å²) in [5.41, 5.74) is -0.500. The minimum atomic E-state index is -0.724. The monoisotopic (exact) mass is 466 g/mol. The molecule has 0 aliphatic carbocycles. The number of methoxy groups -OCH3 is 1. The number of aromatic amines is 1. The van der Waals surface area contributed by atoms with E-state index < -0.39 is 17.1 Å². The Morgan fingerprint density at radius 1 is 1.28 bits per heavy atom. The van der Waals surface area contributed by atoms with Crippen molar-refractivity contribution in [3.63, 3.8) is 0 Å². The van der Waals surface area contributed by atoms with Crippen LogP contribution in [0.1, 0.15) is 62.4 Å². The van der Waals surface area contributed by atoms with E-state index in [1.807, 2.05) is 25.1 Å². The first kappa shape index (κ1) is 22.9. The maximum atomic E-state index is 12.7. The molecule has 0 fully saturated rings. The van der Waals surface area contributed by atoms with Gasteiger partial charge in [-0.15, -0.1) is 0 Å². The van der Waals surface area contributed by atoms with E-state index in [2.05, 4.69) is 25.9 Å². The fraction of sp³-hybridized carbons (Fsp3) is 0.476. The summed E-state index contributed by atoms with van der Waals surface area (Å²) < 4.78 is 17.1. The maximum absolute atomic E-state index is 12.7. The number of esters is 1. The third kappa shape index (κ3) is 6.59. The summed E-state index contributed by atoms with van der Waals surface area (Å²) in [6.07, 6.45) is 1.94. The lowest BCUT2D eigenvalue weighted by Gasteiger charge is -2.20. The highest BCUT2D eigenvalue weighted by molar-refractivity contribution is 9.10. The smallest absolute Gasteiger partial charge is 0.361 e. The predicted octanol–water partition coefficient (Wildman–Crippen LogP) is 4.27. The fourth-order valence-electron chi connectivity index (χ4n) is 2.50. The van der Waals surface area contributed by atoms with Gasteiger partial charge in [-0.25, -0.2) is 9.78 Å². The van der Waals surface area contributed by atoms with E-state index in [4.69, 9.17) is 14.2 Å². The van der Waals surface area contributed by atoms with E-state index in [9.17, 15) is 9.59 Å². The van der Waals surface area contributed by atoms with Crippen LogP contribution in [-0.4, -0.2) is 35.3 Å². The Bertz CT molecular complexity index is 918. The van der Waals surface area contributed by atoms with Crippen LogP contribution in [0.4, 0.5) is 0 Å². The second-order valence-corrected chi connectivity index (χ2v) is 8.38. The summed E-state index contributed by atoms with van der Waals surface area (Å²) in [7, 11) is 1.58. The van der Waals surface area contributed by atoms with Crippen molar-refractivity contribution in [2.45, 2.75) is 52.6 Å². The molecule has 1 aromatic heterocycles. The number of nitrogens with zero attached hydrogens (tertiary/aromatic N) is 1. The highest BCUT2D eigenvalue weighted by Gasteiger charge is 2.26. The van der Waals surface area contributed by atoms with Gasteiger partial charge in [0, 0.05) is 10.9 Å². The number of carbonyl (C=O) groups is 1. The average molecular weight is 467 g/mol. The predicted molar refractivity (Wildman–Crippen MR) is 114 cm³/mol. The first-order chi connectivity index (χ1) is 13.6. The quantitative estimate of drug-likeness (QED) is 0.461. The fourth-order valence-corrected chi connectivity index (χ4v) is 2.89. The van der Waals surface area contributed by atoms with Gasteiger partial charge in [0.2, 0.25) is 5.75 Å². The number of hydrogen-bond acceptors (Lipinski definition) is 6. The molecular formula is C21H27BrN2O5. The number of carbonyl (C=O) groups excluding carboxylic acids is 1. The van der Waals surface area contributed by atoms with Gasteiger partial charge < -0.3 is 19.2 Å². The highest BCUT2D eigenvalue weighted by atomic mass is 79.9. The summed E-state index contributed by atoms with van der Waals surface area (Å²) in [5, 5.41) is 0. The second-order valence-electron chi connectivity index (χ2n) is 7.53. The Kier molecular flexibility index (Phi) is 7.84. The minimum Gasteiger partial charge on any atom is -0.497 e. The van der Waals surface area contributed by atoms with Gasteiger partial charge >= 0.3 is 5.97 Å². The van der Waals surface area contributed by atoms with Crippen molar-refractivity contribution in [1.82, 2.24) is 9.97 Å². The van der Waals surface area contributed by atoms with Crippen molar-refractivity contribution in [1.29, 1.82) is 0 Å². The molecule has 0 aliphatic rings. The molecule has 0 radical (unpaired) electrons. The van der Waals surface area contributed by atoms with Crippen LogP contribution in [0.25, 0.3) is 0 Å². The minimum absolute atomic E-state index is 0.110. The average Bonchev–Trinajstić information content (AvgIpc) is 2.63. The first-order valence-corrected chi connectivity index (χ1v) is 10.3. The van der Waals surface area contributed by atoms with Crippen molar-refractivity contribution < 1.29 is 19.0 Å². The summed E-state index contributed by atoms with van der Waals surface area (Å²) >= 11 is 3.49. The molecule has 0 spiro atoms. The third-order valence-corrected chi connectivity index (χ3v) is 4.65. The lowest BCUT2D eigenvalue weighted by molar-refractivity contribution is 0.00576. The molecule has 7 nitrogen and oxygen atoms in total. The molecule has 1 N–H and O–H groups in total. The van der Waals surface area contributed by atoms with Crippen molar-refractivity contribution in [3.8, 4) is 11.5 Å². The molecule has 8 heteroatoms. The van der Waals surface area contributed by atoms with E-state index in [0.29, 0.717) is 18.2 Å². The zero-order chi connectivity index (χ0) is 21.6. The van der Waals surface area contributed by atoms with Crippen LogP contribution >= 0.6 is 15.9 Å². The van der Waals surface area contributed by atoms with E-state index >= 15 is 0 Å². The zero-order valence-corrected chi connectivity index (χ0v) is 19.0. The Labute approximate surface area is 178 Å². The van der Waals surface area contributed by atoms with Crippen LogP contribution in [0.3, 0.4) is 0 Å². The van der Waals surface area contributed by atoms with E-state index in [1.54, 1.807) is 27.9 Å². The highest BCUT2D eigenvalue weighted by Crippen LogP contribution is 2.25. The number of unbranched alkanes of at least 4 members (excludes halogenated alkanes) is 1. The van der Waals surface area contributed by atoms with E-state index in [-0.39, 0.29) is 17.9 Å². The van der Waals surface area contributed by atoms with Crippen LogP contribution in [0.2, 0.25) is 0 Å². The Hall–Kier alpha value is -2.35. The van der Waals surface area contributed by atoms with Gasteiger partial charge in [0.05, 0.1) is 13.7 Å². The Balaban J connectivity index is 2.44. The topological polar surface area (TPSA) is 90.5 Å². The van der Waals surface area contributed by atoms with Gasteiger partial charge in [-0.1, -0.05) is 29.3 Å². The number of nitrogens with one attached hydrogen (secondary N) is 1. The lowest BCUT2D eigenvalue weighted by atomic mass is 10.1. The molecule has 2 rings (SSSR count). The molecule has 0 aliphatic heterocycles. The second kappa shape index (κ2) is 9.91. The Morgan fingerprint density at radius 2 is 2.00 bits per heavy atom. The van der Waals surface area contributed by atoms with Gasteiger partial charge in [0.1, 0.15) is 17.2 Å². The number of H-pyrrole nitrogens is 1. The first-order valence-electron chi connectivity index (χ1n) is 9.46. The van der Waals surface area contributed by atoms with Gasteiger partial charge in [0.15, 0.2) is 5.69 Å². The van der Waals surface area contributed by atoms with E-state index in [0.717, 1.165) is 22.9 Å². The van der Waals surface area contributed by atoms with Gasteiger partial charge in [-0.3, -0.25) is 4.79 Å². The summed E-state index contributed by atoms with van der Waals surface area (Å²) in [6, 6.07) is 5.51. The van der Waals surface area contributed by atoms with Crippen LogP contribution in [0.5, 0.6) is 11.5 Å². The number of rotatable bonds is 8. The van der Waals surface area contributed by atoms with Crippen molar-refractivity contribution >= 4 is 21.9 Å². The summed E-state index contributed by atoms with van der Waals surface area (Å²) in [6.45, 7) is 7.59. The largest absolute Gasteiger partial charge is 0.497 e. The molecule has 158 valence electrons. The molecular weight excluding hydrogens is 440 g/mol. The van der Waals surface area contributed by atoms with Gasteiger partial charge in [-0.05, 0) is 51.0 Å². The zero-order valence-electron chi connectivity index (χ0n) is 17.4. The molecule has 0 atom stereocenters. The van der Waals surface area contributed by atoms with Crippen LogP contribution < -0.4 is 15.0 Å². The van der Waals surface area contributed by atoms with Crippen LogP contribution in [-0.2, 0) is 11.2 Å². The lowest BCUT2D eigenvalue weighted by Crippen LogP contribution is -2.28. The molecule has 0 amide bonds. The summed E-state index contributed by atoms with van der Waals surface area (Å²) in [5.74, 6) is 0.201. The number of ether oxygens (including phenoxy) is 3. The molecule has 0 bridgehead atoms. The number of hydrogen-bond donors (Lipinski definition) is 1. The molecule has 0 saturated carbocycles. The van der Waals surface area contributed by atoms with Gasteiger partial charge in [0.25, 0.3) is 5.56 Å².